The van der Waals surface area contributed by atoms with Gasteiger partial charge in [-0.15, -0.1) is 0 Å². The molecular formula is C21H30F2O2. The number of hydrogen-bond donors (Lipinski definition) is 0. The summed E-state index contributed by atoms with van der Waals surface area (Å²) in [7, 11) is 0. The van der Waals surface area contributed by atoms with E-state index in [0.29, 0.717) is 17.9 Å². The molecule has 0 aromatic heterocycles. The molecule has 1 aliphatic rings. The van der Waals surface area contributed by atoms with Crippen LogP contribution < -0.4 is 4.74 Å². The molecule has 0 heterocycles. The lowest BCUT2D eigenvalue weighted by Crippen LogP contribution is -2.15. The molecule has 1 aromatic rings. The van der Waals surface area contributed by atoms with Crippen molar-refractivity contribution in [3.8, 4) is 5.75 Å². The van der Waals surface area contributed by atoms with Crippen molar-refractivity contribution in [1.29, 1.82) is 0 Å². The fourth-order valence-corrected chi connectivity index (χ4v) is 3.70. The average molecular weight is 352 g/mol. The number of ether oxygens (including phenoxy) is 1. The number of esters is 1. The SMILES string of the molecule is CCCCC1CCC(CCc2ccc(OC(=O)CC)c(F)c2F)CC1. The summed E-state index contributed by atoms with van der Waals surface area (Å²) < 4.78 is 33.1. The van der Waals surface area contributed by atoms with Crippen LogP contribution in [-0.4, -0.2) is 5.97 Å². The van der Waals surface area contributed by atoms with Crippen LogP contribution in [0.1, 0.15) is 77.2 Å². The van der Waals surface area contributed by atoms with Crippen molar-refractivity contribution in [2.45, 2.75) is 78.1 Å². The maximum absolute atomic E-state index is 14.2. The predicted molar refractivity (Wildman–Crippen MR) is 95.6 cm³/mol. The van der Waals surface area contributed by atoms with Crippen molar-refractivity contribution in [1.82, 2.24) is 0 Å². The predicted octanol–water partition coefficient (Wildman–Crippen LogP) is 6.21. The third kappa shape index (κ3) is 5.79. The van der Waals surface area contributed by atoms with Crippen molar-refractivity contribution in [2.24, 2.45) is 11.8 Å². The summed E-state index contributed by atoms with van der Waals surface area (Å²) in [6.45, 7) is 3.84. The zero-order valence-corrected chi connectivity index (χ0v) is 15.5. The topological polar surface area (TPSA) is 26.3 Å². The summed E-state index contributed by atoms with van der Waals surface area (Å²) in [5.74, 6) is -1.34. The van der Waals surface area contributed by atoms with Gasteiger partial charge >= 0.3 is 5.97 Å². The maximum Gasteiger partial charge on any atom is 0.311 e. The Morgan fingerprint density at radius 3 is 2.28 bits per heavy atom. The summed E-state index contributed by atoms with van der Waals surface area (Å²) in [6, 6.07) is 2.91. The van der Waals surface area contributed by atoms with E-state index in [0.717, 1.165) is 12.3 Å². The van der Waals surface area contributed by atoms with Gasteiger partial charge in [0, 0.05) is 6.42 Å². The summed E-state index contributed by atoms with van der Waals surface area (Å²) >= 11 is 0. The molecule has 140 valence electrons. The Bertz CT molecular complexity index is 563. The molecular weight excluding hydrogens is 322 g/mol. The van der Waals surface area contributed by atoms with Gasteiger partial charge in [0.25, 0.3) is 0 Å². The molecule has 0 unspecified atom stereocenters. The maximum atomic E-state index is 14.2. The summed E-state index contributed by atoms with van der Waals surface area (Å²) in [5.41, 5.74) is 0.377. The van der Waals surface area contributed by atoms with E-state index in [1.54, 1.807) is 13.0 Å². The van der Waals surface area contributed by atoms with E-state index in [2.05, 4.69) is 6.92 Å². The van der Waals surface area contributed by atoms with Gasteiger partial charge in [0.05, 0.1) is 0 Å². The Kier molecular flexibility index (Phi) is 7.86. The average Bonchev–Trinajstić information content (AvgIpc) is 2.64. The fourth-order valence-electron chi connectivity index (χ4n) is 3.70. The number of carbonyl (C=O) groups is 1. The molecule has 4 heteroatoms. The molecule has 0 amide bonds. The van der Waals surface area contributed by atoms with Gasteiger partial charge in [-0.05, 0) is 36.3 Å². The van der Waals surface area contributed by atoms with Crippen LogP contribution >= 0.6 is 0 Å². The van der Waals surface area contributed by atoms with Gasteiger partial charge in [0.15, 0.2) is 11.6 Å². The second kappa shape index (κ2) is 9.88. The van der Waals surface area contributed by atoms with Crippen LogP contribution in [0.4, 0.5) is 8.78 Å². The number of halogens is 2. The third-order valence-corrected chi connectivity index (χ3v) is 5.39. The Labute approximate surface area is 150 Å². The standard InChI is InChI=1S/C21H30F2O2/c1-3-5-6-15-7-9-16(10-8-15)11-12-17-13-14-18(21(23)20(17)22)25-19(24)4-2/h13-16H,3-12H2,1-2H3. The highest BCUT2D eigenvalue weighted by Gasteiger charge is 2.22. The quantitative estimate of drug-likeness (QED) is 0.411. The normalized spacial score (nSPS) is 20.5. The lowest BCUT2D eigenvalue weighted by molar-refractivity contribution is -0.134. The molecule has 1 saturated carbocycles. The first-order valence-corrected chi connectivity index (χ1v) is 9.72. The van der Waals surface area contributed by atoms with Gasteiger partial charge in [-0.1, -0.05) is 64.9 Å². The lowest BCUT2D eigenvalue weighted by atomic mass is 9.78. The molecule has 25 heavy (non-hydrogen) atoms. The minimum absolute atomic E-state index is 0.129. The van der Waals surface area contributed by atoms with Crippen LogP contribution in [-0.2, 0) is 11.2 Å². The van der Waals surface area contributed by atoms with Crippen LogP contribution in [0.3, 0.4) is 0 Å². The third-order valence-electron chi connectivity index (χ3n) is 5.39. The molecule has 1 aliphatic carbocycles. The molecule has 0 atom stereocenters. The minimum Gasteiger partial charge on any atom is -0.423 e. The van der Waals surface area contributed by atoms with Crippen molar-refractivity contribution in [2.75, 3.05) is 0 Å². The highest BCUT2D eigenvalue weighted by Crippen LogP contribution is 2.34. The fraction of sp³-hybridized carbons (Fsp3) is 0.667. The number of aryl methyl sites for hydroxylation is 1. The molecule has 2 rings (SSSR count). The minimum atomic E-state index is -1.05. The van der Waals surface area contributed by atoms with E-state index in [9.17, 15) is 13.6 Å². The number of rotatable bonds is 8. The first-order chi connectivity index (χ1) is 12.0. The Balaban J connectivity index is 1.85. The first-order valence-electron chi connectivity index (χ1n) is 9.72. The largest absolute Gasteiger partial charge is 0.423 e. The van der Waals surface area contributed by atoms with Crippen LogP contribution in [0.25, 0.3) is 0 Å². The summed E-state index contributed by atoms with van der Waals surface area (Å²) in [6.07, 6.45) is 10.4. The van der Waals surface area contributed by atoms with E-state index in [4.69, 9.17) is 4.74 Å². The van der Waals surface area contributed by atoms with Crippen molar-refractivity contribution >= 4 is 5.97 Å². The lowest BCUT2D eigenvalue weighted by Gasteiger charge is -2.28. The molecule has 1 fully saturated rings. The van der Waals surface area contributed by atoms with Gasteiger partial charge in [0.2, 0.25) is 5.82 Å². The van der Waals surface area contributed by atoms with E-state index >= 15 is 0 Å². The second-order valence-corrected chi connectivity index (χ2v) is 7.25. The van der Waals surface area contributed by atoms with Crippen LogP contribution in [0.15, 0.2) is 12.1 Å². The van der Waals surface area contributed by atoms with Gasteiger partial charge in [-0.3, -0.25) is 4.79 Å². The second-order valence-electron chi connectivity index (χ2n) is 7.25. The number of carbonyl (C=O) groups excluding carboxylic acids is 1. The summed E-state index contributed by atoms with van der Waals surface area (Å²) in [4.78, 5) is 11.2. The number of benzene rings is 1. The van der Waals surface area contributed by atoms with Crippen LogP contribution in [0.5, 0.6) is 5.75 Å². The van der Waals surface area contributed by atoms with Gasteiger partial charge in [-0.25, -0.2) is 4.39 Å². The van der Waals surface area contributed by atoms with E-state index in [1.165, 1.54) is 51.0 Å². The molecule has 0 N–H and O–H groups in total. The molecule has 0 saturated heterocycles. The molecule has 0 bridgehead atoms. The van der Waals surface area contributed by atoms with E-state index in [-0.39, 0.29) is 12.2 Å². The molecule has 0 radical (unpaired) electrons. The Morgan fingerprint density at radius 2 is 1.68 bits per heavy atom. The molecule has 2 nitrogen and oxygen atoms in total. The molecule has 0 spiro atoms. The zero-order chi connectivity index (χ0) is 18.2. The van der Waals surface area contributed by atoms with Crippen LogP contribution in [0.2, 0.25) is 0 Å². The highest BCUT2D eigenvalue weighted by molar-refractivity contribution is 5.72. The van der Waals surface area contributed by atoms with Gasteiger partial charge < -0.3 is 4.74 Å². The monoisotopic (exact) mass is 352 g/mol. The van der Waals surface area contributed by atoms with Gasteiger partial charge in [0.1, 0.15) is 0 Å². The van der Waals surface area contributed by atoms with E-state index < -0.39 is 17.6 Å². The van der Waals surface area contributed by atoms with E-state index in [1.807, 2.05) is 0 Å². The van der Waals surface area contributed by atoms with Crippen molar-refractivity contribution in [3.63, 3.8) is 0 Å². The zero-order valence-electron chi connectivity index (χ0n) is 15.5. The highest BCUT2D eigenvalue weighted by atomic mass is 19.2. The smallest absolute Gasteiger partial charge is 0.311 e. The van der Waals surface area contributed by atoms with Gasteiger partial charge in [-0.2, -0.15) is 4.39 Å². The Morgan fingerprint density at radius 1 is 1.04 bits per heavy atom. The summed E-state index contributed by atoms with van der Waals surface area (Å²) in [5, 5.41) is 0. The first kappa shape index (κ1) is 19.9. The number of unbranched alkanes of at least 4 members (excludes halogenated alkanes) is 1. The number of hydrogen-bond acceptors (Lipinski definition) is 2. The Hall–Kier alpha value is -1.45. The molecule has 1 aromatic carbocycles. The van der Waals surface area contributed by atoms with Crippen LogP contribution in [0, 0.1) is 23.5 Å². The van der Waals surface area contributed by atoms with Crippen molar-refractivity contribution < 1.29 is 18.3 Å². The molecule has 0 aliphatic heterocycles. The van der Waals surface area contributed by atoms with Crippen molar-refractivity contribution in [3.05, 3.63) is 29.3 Å².